The molecule has 31 heavy (non-hydrogen) atoms. The van der Waals surface area contributed by atoms with Gasteiger partial charge in [-0.2, -0.15) is 5.10 Å². The van der Waals surface area contributed by atoms with Crippen LogP contribution in [0.2, 0.25) is 0 Å². The van der Waals surface area contributed by atoms with Crippen LogP contribution in [0.25, 0.3) is 0 Å². The second kappa shape index (κ2) is 12.7. The number of aryl methyl sites for hydroxylation is 1. The van der Waals surface area contributed by atoms with E-state index in [9.17, 15) is 0 Å². The van der Waals surface area contributed by atoms with Crippen molar-refractivity contribution in [1.82, 2.24) is 25.4 Å². The molecule has 0 radical (unpaired) electrons. The minimum absolute atomic E-state index is 0. The molecule has 0 saturated heterocycles. The van der Waals surface area contributed by atoms with Crippen molar-refractivity contribution >= 4 is 29.9 Å². The molecule has 9 heteroatoms. The topological polar surface area (TPSA) is 85.6 Å². The zero-order chi connectivity index (χ0) is 21.3. The van der Waals surface area contributed by atoms with E-state index in [0.29, 0.717) is 25.1 Å². The third kappa shape index (κ3) is 7.55. The lowest BCUT2D eigenvalue weighted by molar-refractivity contribution is 0.310. The summed E-state index contributed by atoms with van der Waals surface area (Å²) in [6, 6.07) is 7.95. The maximum Gasteiger partial charge on any atom is 0.191 e. The van der Waals surface area contributed by atoms with Crippen LogP contribution in [0, 0.1) is 0 Å². The molecule has 1 atom stereocenters. The highest BCUT2D eigenvalue weighted by molar-refractivity contribution is 14.0. The standard InChI is InChI=1S/C22H34N6O2.HI/c1-5-23-22(24-12-7-13-30-19-9-6-8-18(14-19)29-4)25-17-10-11-20-26-21(16(2)3)27-28(20)15-17;/h6,8-9,14,16-17H,5,7,10-13,15H2,1-4H3,(H2,23,24,25);1H. The summed E-state index contributed by atoms with van der Waals surface area (Å²) in [5.41, 5.74) is 0. The number of rotatable bonds is 9. The van der Waals surface area contributed by atoms with Gasteiger partial charge in [-0.1, -0.05) is 19.9 Å². The van der Waals surface area contributed by atoms with Gasteiger partial charge in [0.1, 0.15) is 17.3 Å². The Morgan fingerprint density at radius 3 is 2.87 bits per heavy atom. The molecule has 1 aromatic carbocycles. The SMILES string of the molecule is CCNC(=NCCCOc1cccc(OC)c1)NC1CCc2nc(C(C)C)nn2C1.I. The molecule has 3 rings (SSSR count). The Labute approximate surface area is 202 Å². The number of fused-ring (bicyclic) bond motifs is 1. The van der Waals surface area contributed by atoms with E-state index >= 15 is 0 Å². The number of ether oxygens (including phenoxy) is 2. The smallest absolute Gasteiger partial charge is 0.191 e. The highest BCUT2D eigenvalue weighted by atomic mass is 127. The number of guanidine groups is 1. The zero-order valence-corrected chi connectivity index (χ0v) is 21.3. The van der Waals surface area contributed by atoms with Gasteiger partial charge in [0, 0.05) is 44.0 Å². The summed E-state index contributed by atoms with van der Waals surface area (Å²) in [5, 5.41) is 11.6. The van der Waals surface area contributed by atoms with Gasteiger partial charge in [0.05, 0.1) is 20.3 Å². The first-order valence-electron chi connectivity index (χ1n) is 10.8. The van der Waals surface area contributed by atoms with Crippen LogP contribution in [-0.2, 0) is 13.0 Å². The average Bonchev–Trinajstić information content (AvgIpc) is 3.17. The van der Waals surface area contributed by atoms with Crippen molar-refractivity contribution in [2.45, 2.75) is 58.5 Å². The highest BCUT2D eigenvalue weighted by Crippen LogP contribution is 2.19. The molecule has 0 fully saturated rings. The predicted octanol–water partition coefficient (Wildman–Crippen LogP) is 3.37. The Morgan fingerprint density at radius 2 is 2.13 bits per heavy atom. The van der Waals surface area contributed by atoms with E-state index < -0.39 is 0 Å². The Bertz CT molecular complexity index is 839. The molecule has 2 aromatic rings. The molecule has 1 aliphatic heterocycles. The van der Waals surface area contributed by atoms with Crippen molar-refractivity contribution in [1.29, 1.82) is 0 Å². The van der Waals surface area contributed by atoms with Crippen LogP contribution in [0.4, 0.5) is 0 Å². The van der Waals surface area contributed by atoms with Crippen molar-refractivity contribution < 1.29 is 9.47 Å². The first-order valence-corrected chi connectivity index (χ1v) is 10.8. The first-order chi connectivity index (χ1) is 14.6. The molecule has 0 spiro atoms. The lowest BCUT2D eigenvalue weighted by Gasteiger charge is -2.25. The third-order valence-electron chi connectivity index (χ3n) is 4.96. The number of aromatic nitrogens is 3. The van der Waals surface area contributed by atoms with Gasteiger partial charge in [0.15, 0.2) is 11.8 Å². The van der Waals surface area contributed by atoms with Crippen LogP contribution < -0.4 is 20.1 Å². The summed E-state index contributed by atoms with van der Waals surface area (Å²) in [6.45, 7) is 9.28. The maximum absolute atomic E-state index is 5.79. The predicted molar refractivity (Wildman–Crippen MR) is 134 cm³/mol. The molecule has 1 aromatic heterocycles. The third-order valence-corrected chi connectivity index (χ3v) is 4.96. The minimum atomic E-state index is 0. The number of benzene rings is 1. The molecular weight excluding hydrogens is 507 g/mol. The first kappa shape index (κ1) is 25.2. The van der Waals surface area contributed by atoms with E-state index in [4.69, 9.17) is 14.5 Å². The molecule has 2 N–H and O–H groups in total. The number of nitrogens with zero attached hydrogens (tertiary/aromatic N) is 4. The van der Waals surface area contributed by atoms with Gasteiger partial charge >= 0.3 is 0 Å². The van der Waals surface area contributed by atoms with E-state index in [2.05, 4.69) is 41.5 Å². The molecule has 0 bridgehead atoms. The largest absolute Gasteiger partial charge is 0.497 e. The summed E-state index contributed by atoms with van der Waals surface area (Å²) in [5.74, 6) is 4.84. The summed E-state index contributed by atoms with van der Waals surface area (Å²) in [7, 11) is 1.66. The Morgan fingerprint density at radius 1 is 1.32 bits per heavy atom. The van der Waals surface area contributed by atoms with Crippen LogP contribution in [0.3, 0.4) is 0 Å². The molecule has 0 aliphatic carbocycles. The molecule has 1 aliphatic rings. The monoisotopic (exact) mass is 542 g/mol. The number of halogens is 1. The van der Waals surface area contributed by atoms with Gasteiger partial charge in [0.2, 0.25) is 0 Å². The second-order valence-electron chi connectivity index (χ2n) is 7.74. The van der Waals surface area contributed by atoms with Crippen molar-refractivity contribution in [3.05, 3.63) is 35.9 Å². The molecule has 8 nitrogen and oxygen atoms in total. The van der Waals surface area contributed by atoms with Crippen LogP contribution >= 0.6 is 24.0 Å². The average molecular weight is 542 g/mol. The van der Waals surface area contributed by atoms with Gasteiger partial charge in [-0.05, 0) is 25.5 Å². The molecule has 2 heterocycles. The van der Waals surface area contributed by atoms with Gasteiger partial charge in [-0.15, -0.1) is 24.0 Å². The van der Waals surface area contributed by atoms with Crippen molar-refractivity contribution in [2.75, 3.05) is 26.8 Å². The number of hydrogen-bond acceptors (Lipinski definition) is 5. The van der Waals surface area contributed by atoms with Crippen LogP contribution in [0.15, 0.2) is 29.3 Å². The molecular formula is C22H35IN6O2. The highest BCUT2D eigenvalue weighted by Gasteiger charge is 2.23. The van der Waals surface area contributed by atoms with Crippen molar-refractivity contribution in [3.8, 4) is 11.5 Å². The fourth-order valence-corrected chi connectivity index (χ4v) is 3.34. The Hall–Kier alpha value is -2.04. The molecule has 172 valence electrons. The summed E-state index contributed by atoms with van der Waals surface area (Å²) in [6.07, 6.45) is 2.80. The fraction of sp³-hybridized carbons (Fsp3) is 0.591. The zero-order valence-electron chi connectivity index (χ0n) is 18.9. The van der Waals surface area contributed by atoms with Gasteiger partial charge < -0.3 is 20.1 Å². The second-order valence-corrected chi connectivity index (χ2v) is 7.74. The molecule has 0 saturated carbocycles. The Balaban J connectivity index is 0.00000341. The number of methoxy groups -OCH3 is 1. The molecule has 0 amide bonds. The fourth-order valence-electron chi connectivity index (χ4n) is 3.34. The summed E-state index contributed by atoms with van der Waals surface area (Å²) in [4.78, 5) is 9.37. The van der Waals surface area contributed by atoms with E-state index in [1.54, 1.807) is 7.11 Å². The van der Waals surface area contributed by atoms with Crippen LogP contribution in [0.1, 0.15) is 51.2 Å². The van der Waals surface area contributed by atoms with Gasteiger partial charge in [0.25, 0.3) is 0 Å². The van der Waals surface area contributed by atoms with Crippen molar-refractivity contribution in [2.24, 2.45) is 4.99 Å². The lowest BCUT2D eigenvalue weighted by atomic mass is 10.1. The van der Waals surface area contributed by atoms with Crippen LogP contribution in [0.5, 0.6) is 11.5 Å². The van der Waals surface area contributed by atoms with Gasteiger partial charge in [-0.3, -0.25) is 4.99 Å². The van der Waals surface area contributed by atoms with Crippen molar-refractivity contribution in [3.63, 3.8) is 0 Å². The van der Waals surface area contributed by atoms with E-state index in [1.165, 1.54) is 0 Å². The van der Waals surface area contributed by atoms with E-state index in [1.807, 2.05) is 28.9 Å². The molecule has 1 unspecified atom stereocenters. The van der Waals surface area contributed by atoms with E-state index in [0.717, 1.165) is 61.5 Å². The number of nitrogens with one attached hydrogen (secondary N) is 2. The normalized spacial score (nSPS) is 15.8. The quantitative estimate of drug-likeness (QED) is 0.219. The Kier molecular flexibility index (Phi) is 10.4. The number of hydrogen-bond donors (Lipinski definition) is 2. The lowest BCUT2D eigenvalue weighted by Crippen LogP contribution is -2.47. The maximum atomic E-state index is 5.79. The minimum Gasteiger partial charge on any atom is -0.497 e. The summed E-state index contributed by atoms with van der Waals surface area (Å²) >= 11 is 0. The summed E-state index contributed by atoms with van der Waals surface area (Å²) < 4.78 is 13.1. The number of aliphatic imine (C=N–C) groups is 1. The van der Waals surface area contributed by atoms with E-state index in [-0.39, 0.29) is 24.0 Å². The van der Waals surface area contributed by atoms with Gasteiger partial charge in [-0.25, -0.2) is 9.67 Å². The van der Waals surface area contributed by atoms with Crippen LogP contribution in [-0.4, -0.2) is 53.6 Å².